The number of amides is 2. The molecule has 0 fully saturated rings. The molecule has 0 saturated heterocycles. The van der Waals surface area contributed by atoms with Gasteiger partial charge in [-0.3, -0.25) is 9.59 Å². The van der Waals surface area contributed by atoms with Crippen molar-refractivity contribution in [1.29, 1.82) is 0 Å². The first-order valence-electron chi connectivity index (χ1n) is 9.78. The maximum atomic E-state index is 13.1. The van der Waals surface area contributed by atoms with Gasteiger partial charge in [0, 0.05) is 17.6 Å². The zero-order chi connectivity index (χ0) is 20.5. The molecule has 0 aliphatic carbocycles. The van der Waals surface area contributed by atoms with E-state index >= 15 is 0 Å². The topological polar surface area (TPSA) is 49.4 Å². The van der Waals surface area contributed by atoms with Crippen molar-refractivity contribution in [3.63, 3.8) is 0 Å². The highest BCUT2D eigenvalue weighted by Gasteiger charge is 2.26. The molecule has 2 rings (SSSR count). The number of unbranched alkanes of at least 4 members (excludes halogenated alkanes) is 1. The highest BCUT2D eigenvalue weighted by atomic mass is 79.9. The van der Waals surface area contributed by atoms with Crippen molar-refractivity contribution in [2.75, 3.05) is 6.54 Å². The third kappa shape index (κ3) is 6.79. The molecule has 0 aliphatic rings. The van der Waals surface area contributed by atoms with Crippen LogP contribution in [0, 0.1) is 6.92 Å². The smallest absolute Gasteiger partial charge is 0.242 e. The fourth-order valence-corrected chi connectivity index (χ4v) is 3.50. The first-order chi connectivity index (χ1) is 13.4. The Labute approximate surface area is 176 Å². The second-order valence-corrected chi connectivity index (χ2v) is 8.05. The lowest BCUT2D eigenvalue weighted by atomic mass is 10.1. The maximum Gasteiger partial charge on any atom is 0.242 e. The van der Waals surface area contributed by atoms with Crippen LogP contribution in [-0.2, 0) is 22.6 Å². The molecule has 0 aliphatic heterocycles. The van der Waals surface area contributed by atoms with Gasteiger partial charge in [0.2, 0.25) is 11.8 Å². The molecule has 2 aromatic carbocycles. The van der Waals surface area contributed by atoms with Crippen molar-refractivity contribution in [2.45, 2.75) is 52.6 Å². The van der Waals surface area contributed by atoms with E-state index < -0.39 is 6.04 Å². The van der Waals surface area contributed by atoms with E-state index in [4.69, 9.17) is 0 Å². The van der Waals surface area contributed by atoms with Gasteiger partial charge in [-0.1, -0.05) is 71.2 Å². The molecule has 0 bridgehead atoms. The van der Waals surface area contributed by atoms with E-state index in [-0.39, 0.29) is 18.2 Å². The quantitative estimate of drug-likeness (QED) is 0.572. The molecule has 150 valence electrons. The summed E-state index contributed by atoms with van der Waals surface area (Å²) in [5.74, 6) is -0.162. The Bertz CT molecular complexity index is 807. The Morgan fingerprint density at radius 1 is 1.11 bits per heavy atom. The minimum absolute atomic E-state index is 0.0521. The summed E-state index contributed by atoms with van der Waals surface area (Å²) < 4.78 is 0.955. The van der Waals surface area contributed by atoms with E-state index in [9.17, 15) is 9.59 Å². The molecular formula is C23H29BrN2O2. The fraction of sp³-hybridized carbons (Fsp3) is 0.391. The number of aryl methyl sites for hydroxylation is 1. The van der Waals surface area contributed by atoms with Gasteiger partial charge in [-0.15, -0.1) is 0 Å². The second kappa shape index (κ2) is 11.0. The molecule has 1 atom stereocenters. The van der Waals surface area contributed by atoms with Crippen molar-refractivity contribution >= 4 is 27.7 Å². The van der Waals surface area contributed by atoms with Crippen LogP contribution >= 0.6 is 15.9 Å². The average molecular weight is 445 g/mol. The first-order valence-corrected chi connectivity index (χ1v) is 10.6. The summed E-state index contributed by atoms with van der Waals surface area (Å²) in [6.45, 7) is 6.92. The van der Waals surface area contributed by atoms with Crippen molar-refractivity contribution in [3.8, 4) is 0 Å². The van der Waals surface area contributed by atoms with Gasteiger partial charge >= 0.3 is 0 Å². The summed E-state index contributed by atoms with van der Waals surface area (Å²) in [4.78, 5) is 27.4. The lowest BCUT2D eigenvalue weighted by Crippen LogP contribution is -2.48. The average Bonchev–Trinajstić information content (AvgIpc) is 2.65. The van der Waals surface area contributed by atoms with E-state index in [1.807, 2.05) is 55.5 Å². The van der Waals surface area contributed by atoms with E-state index in [1.54, 1.807) is 11.8 Å². The third-order valence-electron chi connectivity index (χ3n) is 4.68. The van der Waals surface area contributed by atoms with Crippen LogP contribution in [0.25, 0.3) is 0 Å². The summed E-state index contributed by atoms with van der Waals surface area (Å²) in [5.41, 5.74) is 3.07. The van der Waals surface area contributed by atoms with Crippen LogP contribution in [0.1, 0.15) is 43.4 Å². The summed E-state index contributed by atoms with van der Waals surface area (Å²) in [5, 5.41) is 2.95. The van der Waals surface area contributed by atoms with Crippen LogP contribution in [0.5, 0.6) is 0 Å². The Hall–Kier alpha value is -2.14. The Morgan fingerprint density at radius 3 is 2.50 bits per heavy atom. The van der Waals surface area contributed by atoms with Gasteiger partial charge in [0.1, 0.15) is 6.04 Å². The first kappa shape index (κ1) is 22.2. The summed E-state index contributed by atoms with van der Waals surface area (Å²) in [6.07, 6.45) is 2.23. The van der Waals surface area contributed by atoms with Crippen LogP contribution in [0.4, 0.5) is 0 Å². The van der Waals surface area contributed by atoms with Gasteiger partial charge in [0.05, 0.1) is 6.42 Å². The zero-order valence-corrected chi connectivity index (χ0v) is 18.5. The number of carbonyl (C=O) groups is 2. The molecule has 1 N–H and O–H groups in total. The number of carbonyl (C=O) groups excluding carboxylic acids is 2. The predicted molar refractivity (Wildman–Crippen MR) is 117 cm³/mol. The number of hydrogen-bond acceptors (Lipinski definition) is 2. The number of benzene rings is 2. The molecule has 2 aromatic rings. The van der Waals surface area contributed by atoms with Crippen LogP contribution in [0.3, 0.4) is 0 Å². The van der Waals surface area contributed by atoms with Gasteiger partial charge in [-0.05, 0) is 43.5 Å². The van der Waals surface area contributed by atoms with E-state index in [0.29, 0.717) is 13.1 Å². The molecule has 0 heterocycles. The van der Waals surface area contributed by atoms with Gasteiger partial charge in [0.25, 0.3) is 0 Å². The summed E-state index contributed by atoms with van der Waals surface area (Å²) in [7, 11) is 0. The molecule has 28 heavy (non-hydrogen) atoms. The Balaban J connectivity index is 2.18. The zero-order valence-electron chi connectivity index (χ0n) is 16.9. The normalized spacial score (nSPS) is 11.7. The highest BCUT2D eigenvalue weighted by Crippen LogP contribution is 2.17. The van der Waals surface area contributed by atoms with Gasteiger partial charge in [-0.2, -0.15) is 0 Å². The van der Waals surface area contributed by atoms with Crippen molar-refractivity contribution in [3.05, 3.63) is 69.7 Å². The summed E-state index contributed by atoms with van der Waals surface area (Å²) in [6, 6.07) is 15.2. The van der Waals surface area contributed by atoms with Crippen molar-refractivity contribution < 1.29 is 9.59 Å². The largest absolute Gasteiger partial charge is 0.354 e. The molecule has 2 amide bonds. The Kier molecular flexibility index (Phi) is 8.71. The van der Waals surface area contributed by atoms with Gasteiger partial charge in [-0.25, -0.2) is 0 Å². The minimum atomic E-state index is -0.534. The molecule has 0 spiro atoms. The lowest BCUT2D eigenvalue weighted by Gasteiger charge is -2.29. The van der Waals surface area contributed by atoms with Gasteiger partial charge < -0.3 is 10.2 Å². The van der Waals surface area contributed by atoms with Crippen molar-refractivity contribution in [2.24, 2.45) is 0 Å². The maximum absolute atomic E-state index is 13.1. The molecule has 4 nitrogen and oxygen atoms in total. The summed E-state index contributed by atoms with van der Waals surface area (Å²) >= 11 is 3.48. The number of nitrogens with one attached hydrogen (secondary N) is 1. The van der Waals surface area contributed by atoms with E-state index in [0.717, 1.165) is 34.0 Å². The number of rotatable bonds is 9. The van der Waals surface area contributed by atoms with Crippen LogP contribution in [0.15, 0.2) is 53.0 Å². The van der Waals surface area contributed by atoms with Crippen LogP contribution < -0.4 is 5.32 Å². The fourth-order valence-electron chi connectivity index (χ4n) is 3.05. The number of nitrogens with zero attached hydrogens (tertiary/aromatic N) is 1. The molecule has 5 heteroatoms. The standard InChI is InChI=1S/C23H29BrN2O2/c1-4-5-12-25-23(28)18(3)26(16-20-10-7-11-21(24)14-20)22(27)15-19-9-6-8-17(2)13-19/h6-11,13-14,18H,4-5,12,15-16H2,1-3H3,(H,25,28). The number of hydrogen-bond donors (Lipinski definition) is 1. The van der Waals surface area contributed by atoms with E-state index in [2.05, 4.69) is 28.2 Å². The van der Waals surface area contributed by atoms with Crippen LogP contribution in [-0.4, -0.2) is 29.3 Å². The molecule has 0 saturated carbocycles. The number of halogens is 1. The SMILES string of the molecule is CCCCNC(=O)C(C)N(Cc1cccc(Br)c1)C(=O)Cc1cccc(C)c1. The van der Waals surface area contributed by atoms with Gasteiger partial charge in [0.15, 0.2) is 0 Å². The second-order valence-electron chi connectivity index (χ2n) is 7.14. The Morgan fingerprint density at radius 2 is 1.82 bits per heavy atom. The third-order valence-corrected chi connectivity index (χ3v) is 5.17. The predicted octanol–water partition coefficient (Wildman–Crippen LogP) is 4.63. The van der Waals surface area contributed by atoms with E-state index in [1.165, 1.54) is 0 Å². The molecule has 0 radical (unpaired) electrons. The molecule has 0 aromatic heterocycles. The highest BCUT2D eigenvalue weighted by molar-refractivity contribution is 9.10. The van der Waals surface area contributed by atoms with Crippen LogP contribution in [0.2, 0.25) is 0 Å². The lowest BCUT2D eigenvalue weighted by molar-refractivity contribution is -0.140. The monoisotopic (exact) mass is 444 g/mol. The molecule has 1 unspecified atom stereocenters. The molecular weight excluding hydrogens is 416 g/mol. The minimum Gasteiger partial charge on any atom is -0.354 e. The van der Waals surface area contributed by atoms with Crippen molar-refractivity contribution in [1.82, 2.24) is 10.2 Å².